The molecule has 0 bridgehead atoms. The number of hydrogen-bond acceptors (Lipinski definition) is 2. The summed E-state index contributed by atoms with van der Waals surface area (Å²) in [7, 11) is 0. The minimum Gasteiger partial charge on any atom is -0.481 e. The Morgan fingerprint density at radius 1 is 1.47 bits per heavy atom. The smallest absolute Gasteiger partial charge is 0.305 e. The van der Waals surface area contributed by atoms with Crippen molar-refractivity contribution in [3.8, 4) is 0 Å². The number of hydrogen-bond donors (Lipinski definition) is 1. The highest BCUT2D eigenvalue weighted by Crippen LogP contribution is 2.28. The van der Waals surface area contributed by atoms with Crippen molar-refractivity contribution in [2.45, 2.75) is 6.42 Å². The fraction of sp³-hybridized carbons (Fsp3) is 0.250. The van der Waals surface area contributed by atoms with E-state index in [-0.39, 0.29) is 6.42 Å². The van der Waals surface area contributed by atoms with Gasteiger partial charge in [-0.15, -0.1) is 6.58 Å². The number of carboxylic acid groups (broad SMARTS) is 1. The molecule has 1 aromatic carbocycles. The van der Waals surface area contributed by atoms with Gasteiger partial charge < -0.3 is 10.0 Å². The zero-order valence-electron chi connectivity index (χ0n) is 9.20. The van der Waals surface area contributed by atoms with Crippen LogP contribution in [-0.2, 0) is 4.79 Å². The highest BCUT2D eigenvalue weighted by Gasteiger charge is 2.11. The van der Waals surface area contributed by atoms with Crippen LogP contribution < -0.4 is 4.90 Å². The maximum absolute atomic E-state index is 10.6. The molecule has 0 aliphatic heterocycles. The van der Waals surface area contributed by atoms with Gasteiger partial charge in [-0.25, -0.2) is 0 Å². The monoisotopic (exact) mass is 273 g/mol. The van der Waals surface area contributed by atoms with Gasteiger partial charge >= 0.3 is 5.97 Å². The summed E-state index contributed by atoms with van der Waals surface area (Å²) in [6.45, 7) is 4.56. The number of carbonyl (C=O) groups is 1. The van der Waals surface area contributed by atoms with Crippen LogP contribution in [0.3, 0.4) is 0 Å². The fourth-order valence-corrected chi connectivity index (χ4v) is 1.96. The van der Waals surface area contributed by atoms with Crippen molar-refractivity contribution in [2.75, 3.05) is 18.0 Å². The second-order valence-electron chi connectivity index (χ2n) is 3.47. The number of halogens is 2. The van der Waals surface area contributed by atoms with Crippen LogP contribution in [0.2, 0.25) is 10.0 Å². The molecule has 0 fully saturated rings. The Hall–Kier alpha value is -1.19. The van der Waals surface area contributed by atoms with Crippen LogP contribution in [0, 0.1) is 0 Å². The van der Waals surface area contributed by atoms with E-state index in [0.717, 1.165) is 5.69 Å². The molecule has 17 heavy (non-hydrogen) atoms. The number of aliphatic carboxylic acids is 1. The predicted molar refractivity (Wildman–Crippen MR) is 71.1 cm³/mol. The second kappa shape index (κ2) is 6.52. The SMILES string of the molecule is C=CCN(CCC(=O)O)c1ccc(Cl)cc1Cl. The molecule has 3 nitrogen and oxygen atoms in total. The topological polar surface area (TPSA) is 40.5 Å². The van der Waals surface area contributed by atoms with Gasteiger partial charge in [0, 0.05) is 18.1 Å². The third-order valence-electron chi connectivity index (χ3n) is 2.20. The van der Waals surface area contributed by atoms with Gasteiger partial charge in [-0.05, 0) is 18.2 Å². The minimum absolute atomic E-state index is 0.0484. The largest absolute Gasteiger partial charge is 0.481 e. The van der Waals surface area contributed by atoms with Gasteiger partial charge in [-0.3, -0.25) is 4.79 Å². The minimum atomic E-state index is -0.843. The predicted octanol–water partition coefficient (Wildman–Crippen LogP) is 3.46. The van der Waals surface area contributed by atoms with E-state index in [2.05, 4.69) is 6.58 Å². The Morgan fingerprint density at radius 3 is 2.71 bits per heavy atom. The molecule has 0 amide bonds. The van der Waals surface area contributed by atoms with Gasteiger partial charge in [-0.2, -0.15) is 0 Å². The lowest BCUT2D eigenvalue weighted by atomic mass is 10.2. The van der Waals surface area contributed by atoms with Gasteiger partial charge in [0.05, 0.1) is 17.1 Å². The van der Waals surface area contributed by atoms with Crippen molar-refractivity contribution in [3.05, 3.63) is 40.9 Å². The summed E-state index contributed by atoms with van der Waals surface area (Å²) in [6.07, 6.45) is 1.75. The molecule has 1 N–H and O–H groups in total. The normalized spacial score (nSPS) is 10.0. The van der Waals surface area contributed by atoms with E-state index in [0.29, 0.717) is 23.1 Å². The maximum Gasteiger partial charge on any atom is 0.305 e. The molecule has 92 valence electrons. The Labute approximate surface area is 110 Å². The number of anilines is 1. The molecule has 0 radical (unpaired) electrons. The molecule has 0 atom stereocenters. The lowest BCUT2D eigenvalue weighted by Gasteiger charge is -2.23. The zero-order chi connectivity index (χ0) is 12.8. The van der Waals surface area contributed by atoms with E-state index in [4.69, 9.17) is 28.3 Å². The molecule has 0 saturated carbocycles. The van der Waals surface area contributed by atoms with Gasteiger partial charge in [0.25, 0.3) is 0 Å². The van der Waals surface area contributed by atoms with Crippen molar-refractivity contribution in [3.63, 3.8) is 0 Å². The van der Waals surface area contributed by atoms with E-state index in [9.17, 15) is 4.79 Å². The number of carboxylic acids is 1. The van der Waals surface area contributed by atoms with E-state index < -0.39 is 5.97 Å². The van der Waals surface area contributed by atoms with E-state index in [1.54, 1.807) is 24.3 Å². The molecule has 1 aromatic rings. The van der Waals surface area contributed by atoms with Gasteiger partial charge in [0.15, 0.2) is 0 Å². The molecule has 0 unspecified atom stereocenters. The van der Waals surface area contributed by atoms with Crippen LogP contribution in [0.15, 0.2) is 30.9 Å². The molecule has 1 rings (SSSR count). The first-order chi connectivity index (χ1) is 8.04. The van der Waals surface area contributed by atoms with Gasteiger partial charge in [0.2, 0.25) is 0 Å². The zero-order valence-corrected chi connectivity index (χ0v) is 10.7. The van der Waals surface area contributed by atoms with Crippen LogP contribution in [0.5, 0.6) is 0 Å². The van der Waals surface area contributed by atoms with Crippen molar-refractivity contribution < 1.29 is 9.90 Å². The van der Waals surface area contributed by atoms with Gasteiger partial charge in [-0.1, -0.05) is 29.3 Å². The third-order valence-corrected chi connectivity index (χ3v) is 2.73. The van der Waals surface area contributed by atoms with Crippen LogP contribution >= 0.6 is 23.2 Å². The highest BCUT2D eigenvalue weighted by molar-refractivity contribution is 6.36. The summed E-state index contributed by atoms with van der Waals surface area (Å²) in [5.74, 6) is -0.843. The van der Waals surface area contributed by atoms with Crippen LogP contribution in [-0.4, -0.2) is 24.2 Å². The van der Waals surface area contributed by atoms with Gasteiger partial charge in [0.1, 0.15) is 0 Å². The average molecular weight is 274 g/mol. The van der Waals surface area contributed by atoms with E-state index in [1.165, 1.54) is 0 Å². The summed E-state index contributed by atoms with van der Waals surface area (Å²) >= 11 is 11.9. The van der Waals surface area contributed by atoms with Crippen molar-refractivity contribution in [1.82, 2.24) is 0 Å². The number of benzene rings is 1. The molecule has 0 saturated heterocycles. The maximum atomic E-state index is 10.6. The summed E-state index contributed by atoms with van der Waals surface area (Å²) < 4.78 is 0. The quantitative estimate of drug-likeness (QED) is 0.807. The number of nitrogens with zero attached hydrogens (tertiary/aromatic N) is 1. The van der Waals surface area contributed by atoms with Crippen LogP contribution in [0.4, 0.5) is 5.69 Å². The summed E-state index contributed by atoms with van der Waals surface area (Å²) in [4.78, 5) is 12.4. The Kier molecular flexibility index (Phi) is 5.32. The average Bonchev–Trinajstić information content (AvgIpc) is 2.24. The Bertz CT molecular complexity index is 421. The summed E-state index contributed by atoms with van der Waals surface area (Å²) in [5, 5.41) is 9.74. The summed E-state index contributed by atoms with van der Waals surface area (Å²) in [6, 6.07) is 5.13. The molecule has 0 heterocycles. The molecule has 0 aliphatic carbocycles. The van der Waals surface area contributed by atoms with Crippen molar-refractivity contribution in [1.29, 1.82) is 0 Å². The Balaban J connectivity index is 2.88. The van der Waals surface area contributed by atoms with Crippen molar-refractivity contribution >= 4 is 34.9 Å². The highest BCUT2D eigenvalue weighted by atomic mass is 35.5. The first kappa shape index (κ1) is 13.9. The number of rotatable bonds is 6. The molecule has 5 heteroatoms. The van der Waals surface area contributed by atoms with E-state index >= 15 is 0 Å². The Morgan fingerprint density at radius 2 is 2.18 bits per heavy atom. The second-order valence-corrected chi connectivity index (χ2v) is 4.32. The summed E-state index contributed by atoms with van der Waals surface area (Å²) in [5.41, 5.74) is 0.761. The van der Waals surface area contributed by atoms with E-state index in [1.807, 2.05) is 4.90 Å². The molecule has 0 aliphatic rings. The first-order valence-electron chi connectivity index (χ1n) is 5.07. The lowest BCUT2D eigenvalue weighted by molar-refractivity contribution is -0.136. The lowest BCUT2D eigenvalue weighted by Crippen LogP contribution is -2.26. The molecular weight excluding hydrogens is 261 g/mol. The van der Waals surface area contributed by atoms with Crippen LogP contribution in [0.25, 0.3) is 0 Å². The molecule has 0 spiro atoms. The fourth-order valence-electron chi connectivity index (χ4n) is 1.43. The third kappa shape index (κ3) is 4.29. The molecular formula is C12H13Cl2NO2. The van der Waals surface area contributed by atoms with Crippen LogP contribution in [0.1, 0.15) is 6.42 Å². The first-order valence-corrected chi connectivity index (χ1v) is 5.83. The van der Waals surface area contributed by atoms with Crippen molar-refractivity contribution in [2.24, 2.45) is 0 Å². The molecule has 0 aromatic heterocycles. The standard InChI is InChI=1S/C12H13Cl2NO2/c1-2-6-15(7-5-12(16)17)11-4-3-9(13)8-10(11)14/h2-4,8H,1,5-7H2,(H,16,17).